The highest BCUT2D eigenvalue weighted by Crippen LogP contribution is 2.32. The van der Waals surface area contributed by atoms with Crippen LogP contribution < -0.4 is 5.56 Å². The first kappa shape index (κ1) is 18.1. The second-order valence-corrected chi connectivity index (χ2v) is 8.72. The van der Waals surface area contributed by atoms with Crippen LogP contribution in [-0.4, -0.2) is 23.3 Å². The molecule has 1 heterocycles. The van der Waals surface area contributed by atoms with Crippen LogP contribution in [0.15, 0.2) is 58.2 Å². The van der Waals surface area contributed by atoms with Gasteiger partial charge in [-0.05, 0) is 26.0 Å². The van der Waals surface area contributed by atoms with Crippen LogP contribution in [0.2, 0.25) is 0 Å². The molecule has 0 aliphatic rings. The van der Waals surface area contributed by atoms with E-state index in [0.717, 1.165) is 4.57 Å². The molecule has 0 amide bonds. The average molecular weight is 375 g/mol. The van der Waals surface area contributed by atoms with Crippen LogP contribution in [0, 0.1) is 5.82 Å². The Bertz CT molecular complexity index is 1150. The topological polar surface area (TPSA) is 76.4 Å². The molecule has 1 N–H and O–H groups in total. The fourth-order valence-corrected chi connectivity index (χ4v) is 4.13. The molecule has 0 aliphatic heterocycles. The van der Waals surface area contributed by atoms with Crippen molar-refractivity contribution < 1.29 is 17.9 Å². The maximum Gasteiger partial charge on any atom is 0.261 e. The zero-order valence-electron chi connectivity index (χ0n) is 14.3. The monoisotopic (exact) mass is 375 g/mol. The van der Waals surface area contributed by atoms with Gasteiger partial charge in [0.05, 0.1) is 11.8 Å². The number of fused-ring (bicyclic) bond motifs is 1. The minimum atomic E-state index is -3.88. The van der Waals surface area contributed by atoms with Crippen molar-refractivity contribution in [2.24, 2.45) is 0 Å². The first-order valence-electron chi connectivity index (χ1n) is 8.07. The first-order chi connectivity index (χ1) is 12.2. The van der Waals surface area contributed by atoms with Crippen molar-refractivity contribution in [1.29, 1.82) is 0 Å². The van der Waals surface area contributed by atoms with Crippen LogP contribution in [0.25, 0.3) is 10.8 Å². The van der Waals surface area contributed by atoms with Crippen LogP contribution in [0.5, 0.6) is 5.88 Å². The minimum absolute atomic E-state index is 0.154. The molecule has 136 valence electrons. The Morgan fingerprint density at radius 2 is 1.62 bits per heavy atom. The van der Waals surface area contributed by atoms with Gasteiger partial charge in [0.25, 0.3) is 5.56 Å². The van der Waals surface area contributed by atoms with E-state index in [9.17, 15) is 22.7 Å². The van der Waals surface area contributed by atoms with Crippen molar-refractivity contribution in [2.75, 3.05) is 0 Å². The molecular weight excluding hydrogens is 357 g/mol. The predicted molar refractivity (Wildman–Crippen MR) is 97.7 cm³/mol. The summed E-state index contributed by atoms with van der Waals surface area (Å²) in [4.78, 5) is 12.5. The van der Waals surface area contributed by atoms with Gasteiger partial charge in [0.15, 0.2) is 9.84 Å². The van der Waals surface area contributed by atoms with Gasteiger partial charge in [0.2, 0.25) is 5.88 Å². The predicted octanol–water partition coefficient (Wildman–Crippen LogP) is 3.08. The van der Waals surface area contributed by atoms with E-state index in [0.29, 0.717) is 0 Å². The average Bonchev–Trinajstić information content (AvgIpc) is 2.60. The Labute approximate surface area is 150 Å². The van der Waals surface area contributed by atoms with Crippen LogP contribution in [0.1, 0.15) is 19.4 Å². The van der Waals surface area contributed by atoms with E-state index < -0.39 is 32.3 Å². The Balaban J connectivity index is 2.39. The number of halogens is 1. The fourth-order valence-electron chi connectivity index (χ4n) is 2.81. The number of nitrogens with zero attached hydrogens (tertiary/aromatic N) is 1. The highest BCUT2D eigenvalue weighted by Gasteiger charge is 2.29. The number of aromatic nitrogens is 1. The maximum atomic E-state index is 14.0. The lowest BCUT2D eigenvalue weighted by Crippen LogP contribution is -2.25. The van der Waals surface area contributed by atoms with Crippen molar-refractivity contribution in [3.05, 3.63) is 70.3 Å². The largest absolute Gasteiger partial charge is 0.493 e. The van der Waals surface area contributed by atoms with Crippen molar-refractivity contribution in [3.8, 4) is 5.88 Å². The summed E-state index contributed by atoms with van der Waals surface area (Å²) in [5.41, 5.74) is -0.405. The summed E-state index contributed by atoms with van der Waals surface area (Å²) in [5, 5.41) is 10.2. The van der Waals surface area contributed by atoms with E-state index in [1.807, 2.05) is 0 Å². The molecule has 0 spiro atoms. The molecule has 2 aromatic carbocycles. The van der Waals surface area contributed by atoms with Crippen molar-refractivity contribution in [3.63, 3.8) is 0 Å². The number of pyridine rings is 1. The summed E-state index contributed by atoms with van der Waals surface area (Å²) < 4.78 is 40.5. The lowest BCUT2D eigenvalue weighted by molar-refractivity contribution is 0.399. The number of rotatable bonds is 4. The molecule has 3 aromatic rings. The van der Waals surface area contributed by atoms with Crippen LogP contribution >= 0.6 is 0 Å². The Morgan fingerprint density at radius 1 is 1.04 bits per heavy atom. The number of benzene rings is 2. The van der Waals surface area contributed by atoms with Gasteiger partial charge in [-0.15, -0.1) is 0 Å². The van der Waals surface area contributed by atoms with Gasteiger partial charge < -0.3 is 5.11 Å². The normalized spacial score (nSPS) is 12.0. The number of hydrogen-bond acceptors (Lipinski definition) is 4. The lowest BCUT2D eigenvalue weighted by atomic mass is 10.1. The standard InChI is InChI=1S/C19H18FNO4S/c1-12(2)26(24,25)17-14-8-4-5-9-15(14)18(22)21(19(17)23)11-13-7-3-6-10-16(13)20/h3-10,12,23H,11H2,1-2H3. The van der Waals surface area contributed by atoms with Gasteiger partial charge in [-0.3, -0.25) is 9.36 Å². The third-order valence-corrected chi connectivity index (χ3v) is 6.51. The molecule has 5 nitrogen and oxygen atoms in total. The molecule has 0 unspecified atom stereocenters. The van der Waals surface area contributed by atoms with Gasteiger partial charge in [-0.25, -0.2) is 12.8 Å². The highest BCUT2D eigenvalue weighted by atomic mass is 32.2. The summed E-state index contributed by atoms with van der Waals surface area (Å²) in [6.45, 7) is 2.72. The third-order valence-electron chi connectivity index (χ3n) is 4.30. The van der Waals surface area contributed by atoms with E-state index in [1.165, 1.54) is 44.2 Å². The molecule has 3 rings (SSSR count). The molecular formula is C19H18FNO4S. The number of aromatic hydroxyl groups is 1. The van der Waals surface area contributed by atoms with Gasteiger partial charge in [0.1, 0.15) is 10.7 Å². The van der Waals surface area contributed by atoms with Gasteiger partial charge in [-0.1, -0.05) is 36.4 Å². The summed E-state index contributed by atoms with van der Waals surface area (Å²) >= 11 is 0. The van der Waals surface area contributed by atoms with Crippen molar-refractivity contribution >= 4 is 20.6 Å². The number of hydrogen-bond donors (Lipinski definition) is 1. The molecule has 0 saturated heterocycles. The van der Waals surface area contributed by atoms with Crippen molar-refractivity contribution in [2.45, 2.75) is 30.5 Å². The molecule has 0 fully saturated rings. The van der Waals surface area contributed by atoms with Gasteiger partial charge in [-0.2, -0.15) is 0 Å². The van der Waals surface area contributed by atoms with Crippen molar-refractivity contribution in [1.82, 2.24) is 4.57 Å². The smallest absolute Gasteiger partial charge is 0.261 e. The Hall–Kier alpha value is -2.67. The van der Waals surface area contributed by atoms with E-state index in [4.69, 9.17) is 0 Å². The summed E-state index contributed by atoms with van der Waals surface area (Å²) in [7, 11) is -3.88. The minimum Gasteiger partial charge on any atom is -0.493 e. The third kappa shape index (κ3) is 2.88. The summed E-state index contributed by atoms with van der Waals surface area (Å²) in [5.74, 6) is -1.22. The van der Waals surface area contributed by atoms with Crippen LogP contribution in [0.4, 0.5) is 4.39 Å². The first-order valence-corrected chi connectivity index (χ1v) is 9.61. The molecule has 0 atom stereocenters. The van der Waals surface area contributed by atoms with E-state index in [-0.39, 0.29) is 27.8 Å². The SMILES string of the molecule is CC(C)S(=O)(=O)c1c(O)n(Cc2ccccc2F)c(=O)c2ccccc12. The van der Waals surface area contributed by atoms with Crippen LogP contribution in [-0.2, 0) is 16.4 Å². The Morgan fingerprint density at radius 3 is 2.23 bits per heavy atom. The highest BCUT2D eigenvalue weighted by molar-refractivity contribution is 7.92. The number of sulfone groups is 1. The molecule has 7 heteroatoms. The second-order valence-electron chi connectivity index (χ2n) is 6.27. The maximum absolute atomic E-state index is 14.0. The van der Waals surface area contributed by atoms with E-state index in [2.05, 4.69) is 0 Å². The Kier molecular flexibility index (Phi) is 4.58. The molecule has 1 aromatic heterocycles. The zero-order chi connectivity index (χ0) is 19.1. The molecule has 26 heavy (non-hydrogen) atoms. The van der Waals surface area contributed by atoms with Gasteiger partial charge >= 0.3 is 0 Å². The zero-order valence-corrected chi connectivity index (χ0v) is 15.1. The quantitative estimate of drug-likeness (QED) is 0.760. The molecule has 0 bridgehead atoms. The van der Waals surface area contributed by atoms with Gasteiger partial charge in [0, 0.05) is 16.3 Å². The summed E-state index contributed by atoms with van der Waals surface area (Å²) in [6, 6.07) is 12.0. The molecule has 0 radical (unpaired) electrons. The molecule has 0 saturated carbocycles. The lowest BCUT2D eigenvalue weighted by Gasteiger charge is -2.17. The fraction of sp³-hybridized carbons (Fsp3) is 0.211. The molecule has 0 aliphatic carbocycles. The summed E-state index contributed by atoms with van der Waals surface area (Å²) in [6.07, 6.45) is 0. The van der Waals surface area contributed by atoms with E-state index in [1.54, 1.807) is 18.2 Å². The van der Waals surface area contributed by atoms with Crippen LogP contribution in [0.3, 0.4) is 0 Å². The second kappa shape index (κ2) is 6.57. The van der Waals surface area contributed by atoms with E-state index >= 15 is 0 Å².